The van der Waals surface area contributed by atoms with E-state index in [9.17, 15) is 4.79 Å². The van der Waals surface area contributed by atoms with Crippen molar-refractivity contribution in [2.45, 2.75) is 45.6 Å². The summed E-state index contributed by atoms with van der Waals surface area (Å²) in [6, 6.07) is 8.06. The highest BCUT2D eigenvalue weighted by Gasteiger charge is 2.31. The first kappa shape index (κ1) is 14.3. The Morgan fingerprint density at radius 3 is 2.81 bits per heavy atom. The van der Waals surface area contributed by atoms with Gasteiger partial charge in [-0.15, -0.1) is 11.3 Å². The predicted molar refractivity (Wildman–Crippen MR) is 84.2 cm³/mol. The van der Waals surface area contributed by atoms with Gasteiger partial charge in [0.1, 0.15) is 17.4 Å². The molecule has 0 unspecified atom stereocenters. The lowest BCUT2D eigenvalue weighted by Crippen LogP contribution is -1.98. The molecule has 1 aliphatic carbocycles. The molecule has 1 heterocycles. The fourth-order valence-corrected chi connectivity index (χ4v) is 3.36. The normalized spacial score (nSPS) is 14.2. The van der Waals surface area contributed by atoms with Crippen LogP contribution in [0.5, 0.6) is 5.75 Å². The van der Waals surface area contributed by atoms with E-state index >= 15 is 0 Å². The Labute approximate surface area is 129 Å². The second kappa shape index (κ2) is 5.98. The maximum Gasteiger partial charge on any atom is 0.171 e. The largest absolute Gasteiger partial charge is 0.486 e. The van der Waals surface area contributed by atoms with E-state index in [0.29, 0.717) is 12.5 Å². The third kappa shape index (κ3) is 3.16. The molecule has 1 fully saturated rings. The number of aryl methyl sites for hydroxylation is 1. The molecule has 0 bridgehead atoms. The lowest BCUT2D eigenvalue weighted by molar-refractivity contribution is 0.102. The molecule has 0 radical (unpaired) electrons. The van der Waals surface area contributed by atoms with Crippen molar-refractivity contribution >= 4 is 17.1 Å². The van der Waals surface area contributed by atoms with Crippen molar-refractivity contribution in [3.05, 3.63) is 45.4 Å². The minimum absolute atomic E-state index is 0.120. The number of rotatable bonds is 6. The van der Waals surface area contributed by atoms with Gasteiger partial charge in [-0.25, -0.2) is 4.98 Å². The lowest BCUT2D eigenvalue weighted by atomic mass is 10.1. The van der Waals surface area contributed by atoms with Gasteiger partial charge in [-0.05, 0) is 30.9 Å². The molecule has 1 aromatic carbocycles. The Balaban J connectivity index is 1.76. The molecule has 110 valence electrons. The zero-order valence-corrected chi connectivity index (χ0v) is 13.2. The molecule has 0 N–H and O–H groups in total. The number of ketones is 1. The van der Waals surface area contributed by atoms with Crippen LogP contribution in [0.4, 0.5) is 0 Å². The van der Waals surface area contributed by atoms with Crippen LogP contribution in [0, 0.1) is 0 Å². The molecule has 1 aliphatic rings. The van der Waals surface area contributed by atoms with Crippen LogP contribution >= 0.6 is 11.3 Å². The number of benzene rings is 1. The maximum absolute atomic E-state index is 11.7. The van der Waals surface area contributed by atoms with Crippen LogP contribution in [0.25, 0.3) is 0 Å². The van der Waals surface area contributed by atoms with E-state index in [1.807, 2.05) is 18.2 Å². The van der Waals surface area contributed by atoms with Crippen molar-refractivity contribution in [2.75, 3.05) is 0 Å². The zero-order chi connectivity index (χ0) is 14.8. The zero-order valence-electron chi connectivity index (χ0n) is 12.4. The number of carbonyl (C=O) groups excluding carboxylic acids is 1. The first-order valence-electron chi connectivity index (χ1n) is 7.40. The molecule has 0 amide bonds. The number of carbonyl (C=O) groups is 1. The van der Waals surface area contributed by atoms with Crippen molar-refractivity contribution in [2.24, 2.45) is 0 Å². The van der Waals surface area contributed by atoms with Crippen LogP contribution in [0.1, 0.15) is 58.5 Å². The number of thiazole rings is 1. The van der Waals surface area contributed by atoms with Gasteiger partial charge in [0.2, 0.25) is 0 Å². The molecule has 21 heavy (non-hydrogen) atoms. The first-order chi connectivity index (χ1) is 10.2. The smallest absolute Gasteiger partial charge is 0.171 e. The van der Waals surface area contributed by atoms with Gasteiger partial charge >= 0.3 is 0 Å². The highest BCUT2D eigenvalue weighted by Crippen LogP contribution is 2.42. The Hall–Kier alpha value is -1.68. The average molecular weight is 301 g/mol. The second-order valence-electron chi connectivity index (χ2n) is 5.40. The summed E-state index contributed by atoms with van der Waals surface area (Å²) in [5, 5.41) is 0.896. The van der Waals surface area contributed by atoms with Gasteiger partial charge in [-0.1, -0.05) is 25.1 Å². The second-order valence-corrected chi connectivity index (χ2v) is 6.49. The maximum atomic E-state index is 11.7. The van der Waals surface area contributed by atoms with E-state index in [4.69, 9.17) is 4.74 Å². The van der Waals surface area contributed by atoms with E-state index in [0.717, 1.165) is 40.6 Å². The van der Waals surface area contributed by atoms with Crippen LogP contribution in [-0.2, 0) is 13.0 Å². The molecule has 2 aromatic rings. The number of hydrogen-bond donors (Lipinski definition) is 0. The SMILES string of the molecule is CCc1ccccc1OCc1nc(C2CC2)c(C(C)=O)s1. The van der Waals surface area contributed by atoms with Crippen molar-refractivity contribution in [1.29, 1.82) is 0 Å². The fourth-order valence-electron chi connectivity index (χ4n) is 2.40. The van der Waals surface area contributed by atoms with Crippen LogP contribution < -0.4 is 4.74 Å². The van der Waals surface area contributed by atoms with Crippen molar-refractivity contribution in [1.82, 2.24) is 4.98 Å². The molecule has 0 atom stereocenters. The third-order valence-corrected chi connectivity index (χ3v) is 4.83. The van der Waals surface area contributed by atoms with Gasteiger partial charge in [0.05, 0.1) is 10.6 Å². The summed E-state index contributed by atoms with van der Waals surface area (Å²) in [6.45, 7) is 4.18. The molecule has 0 saturated heterocycles. The predicted octanol–water partition coefficient (Wildman–Crippen LogP) is 4.36. The average Bonchev–Trinajstić information content (AvgIpc) is 3.25. The Kier molecular flexibility index (Phi) is 4.06. The number of aromatic nitrogens is 1. The van der Waals surface area contributed by atoms with Gasteiger partial charge in [-0.3, -0.25) is 4.79 Å². The van der Waals surface area contributed by atoms with Gasteiger partial charge in [0.25, 0.3) is 0 Å². The Morgan fingerprint density at radius 2 is 2.14 bits per heavy atom. The standard InChI is InChI=1S/C17H19NO2S/c1-3-12-6-4-5-7-14(12)20-10-15-18-16(13-8-9-13)17(21-15)11(2)19/h4-7,13H,3,8-10H2,1-2H3. The minimum Gasteiger partial charge on any atom is -0.486 e. The summed E-state index contributed by atoms with van der Waals surface area (Å²) in [7, 11) is 0. The number of ether oxygens (including phenoxy) is 1. The summed E-state index contributed by atoms with van der Waals surface area (Å²) in [5.41, 5.74) is 2.19. The molecule has 1 aromatic heterocycles. The van der Waals surface area contributed by atoms with Crippen LogP contribution in [0.3, 0.4) is 0 Å². The summed E-state index contributed by atoms with van der Waals surface area (Å²) in [6.07, 6.45) is 3.26. The topological polar surface area (TPSA) is 39.2 Å². The van der Waals surface area contributed by atoms with E-state index in [-0.39, 0.29) is 5.78 Å². The van der Waals surface area contributed by atoms with Crippen LogP contribution in [0.2, 0.25) is 0 Å². The fraction of sp³-hybridized carbons (Fsp3) is 0.412. The van der Waals surface area contributed by atoms with E-state index in [1.54, 1.807) is 6.92 Å². The Bertz CT molecular complexity index is 659. The monoisotopic (exact) mass is 301 g/mol. The quantitative estimate of drug-likeness (QED) is 0.744. The van der Waals surface area contributed by atoms with Gasteiger partial charge in [-0.2, -0.15) is 0 Å². The summed E-state index contributed by atoms with van der Waals surface area (Å²) >= 11 is 1.48. The van der Waals surface area contributed by atoms with E-state index in [1.165, 1.54) is 16.9 Å². The molecule has 0 aliphatic heterocycles. The van der Waals surface area contributed by atoms with Gasteiger partial charge in [0, 0.05) is 12.8 Å². The summed E-state index contributed by atoms with van der Waals surface area (Å²) in [5.74, 6) is 1.53. The van der Waals surface area contributed by atoms with Crippen molar-refractivity contribution in [3.63, 3.8) is 0 Å². The number of Topliss-reactive ketones (excluding diaryl/α,β-unsaturated/α-hetero) is 1. The molecule has 3 rings (SSSR count). The summed E-state index contributed by atoms with van der Waals surface area (Å²) in [4.78, 5) is 17.2. The molecule has 1 saturated carbocycles. The third-order valence-electron chi connectivity index (χ3n) is 3.69. The molecule has 4 heteroatoms. The molecular formula is C17H19NO2S. The number of nitrogens with zero attached hydrogens (tertiary/aromatic N) is 1. The molecular weight excluding hydrogens is 282 g/mol. The lowest BCUT2D eigenvalue weighted by Gasteiger charge is -2.08. The van der Waals surface area contributed by atoms with Gasteiger partial charge < -0.3 is 4.74 Å². The molecule has 0 spiro atoms. The first-order valence-corrected chi connectivity index (χ1v) is 8.22. The molecule has 3 nitrogen and oxygen atoms in total. The van der Waals surface area contributed by atoms with Crippen LogP contribution in [-0.4, -0.2) is 10.8 Å². The highest BCUT2D eigenvalue weighted by molar-refractivity contribution is 7.13. The van der Waals surface area contributed by atoms with E-state index < -0.39 is 0 Å². The number of hydrogen-bond acceptors (Lipinski definition) is 4. The Morgan fingerprint density at radius 1 is 1.38 bits per heavy atom. The summed E-state index contributed by atoms with van der Waals surface area (Å²) < 4.78 is 5.90. The number of para-hydroxylation sites is 1. The van der Waals surface area contributed by atoms with Crippen molar-refractivity contribution < 1.29 is 9.53 Å². The minimum atomic E-state index is 0.120. The van der Waals surface area contributed by atoms with Crippen LogP contribution in [0.15, 0.2) is 24.3 Å². The highest BCUT2D eigenvalue weighted by atomic mass is 32.1. The van der Waals surface area contributed by atoms with Gasteiger partial charge in [0.15, 0.2) is 5.78 Å². The van der Waals surface area contributed by atoms with Crippen molar-refractivity contribution in [3.8, 4) is 5.75 Å². The van der Waals surface area contributed by atoms with E-state index in [2.05, 4.69) is 18.0 Å².